The molecule has 0 radical (unpaired) electrons. The first kappa shape index (κ1) is 19.5. The largest absolute Gasteiger partial charge is 0.469 e. The molecular formula is C20H34O4. The van der Waals surface area contributed by atoms with Crippen LogP contribution in [0.5, 0.6) is 0 Å². The van der Waals surface area contributed by atoms with Gasteiger partial charge in [0.1, 0.15) is 11.7 Å². The number of carbonyl (C=O) groups excluding carboxylic acids is 1. The molecule has 0 aromatic carbocycles. The van der Waals surface area contributed by atoms with E-state index in [-0.39, 0.29) is 23.6 Å². The monoisotopic (exact) mass is 338 g/mol. The maximum absolute atomic E-state index is 11.6. The third-order valence-corrected chi connectivity index (χ3v) is 6.18. The first-order valence-electron chi connectivity index (χ1n) is 9.28. The summed E-state index contributed by atoms with van der Waals surface area (Å²) >= 11 is 0. The van der Waals surface area contributed by atoms with E-state index >= 15 is 0 Å². The van der Waals surface area contributed by atoms with Gasteiger partial charge in [-0.1, -0.05) is 26.0 Å². The van der Waals surface area contributed by atoms with Crippen molar-refractivity contribution in [1.29, 1.82) is 0 Å². The molecule has 2 aliphatic rings. The first-order chi connectivity index (χ1) is 11.2. The molecule has 4 nitrogen and oxygen atoms in total. The number of allylic oxidation sites excluding steroid dienone is 1. The van der Waals surface area contributed by atoms with Crippen LogP contribution in [0.1, 0.15) is 72.6 Å². The summed E-state index contributed by atoms with van der Waals surface area (Å²) in [4.78, 5) is 23.0. The molecule has 24 heavy (non-hydrogen) atoms. The number of rotatable bonds is 5. The molecule has 2 rings (SSSR count). The van der Waals surface area contributed by atoms with Crippen LogP contribution in [0.15, 0.2) is 12.2 Å². The molecule has 0 bridgehead atoms. The van der Waals surface area contributed by atoms with Crippen LogP contribution in [0.4, 0.5) is 0 Å². The lowest BCUT2D eigenvalue weighted by atomic mass is 9.64. The van der Waals surface area contributed by atoms with Crippen LogP contribution in [0.3, 0.4) is 0 Å². The van der Waals surface area contributed by atoms with E-state index in [1.165, 1.54) is 25.5 Å². The van der Waals surface area contributed by atoms with Crippen molar-refractivity contribution in [1.82, 2.24) is 0 Å². The predicted octanol–water partition coefficient (Wildman–Crippen LogP) is 4.83. The highest BCUT2D eigenvalue weighted by molar-refractivity contribution is 5.72. The standard InChI is InChI=1S/C20H34O4/c1-14-8-7-11-19(3,4)16(14)9-12-20(5)13-10-17(23-24-20)15(2)18(21)22-6/h15-17H,1,7-13H2,2-6H3/t15-,16+,17+,20-/m1/s1. The number of hydrogen-bond acceptors (Lipinski definition) is 4. The Morgan fingerprint density at radius 3 is 2.62 bits per heavy atom. The summed E-state index contributed by atoms with van der Waals surface area (Å²) in [5, 5.41) is 0. The Morgan fingerprint density at radius 1 is 1.38 bits per heavy atom. The second-order valence-electron chi connectivity index (χ2n) is 8.61. The van der Waals surface area contributed by atoms with Crippen molar-refractivity contribution in [2.24, 2.45) is 17.3 Å². The van der Waals surface area contributed by atoms with Crippen LogP contribution < -0.4 is 0 Å². The molecule has 0 aromatic heterocycles. The van der Waals surface area contributed by atoms with Gasteiger partial charge in [-0.15, -0.1) is 0 Å². The predicted molar refractivity (Wildman–Crippen MR) is 94.3 cm³/mol. The number of ether oxygens (including phenoxy) is 1. The lowest BCUT2D eigenvalue weighted by Crippen LogP contribution is -2.42. The molecule has 2 fully saturated rings. The normalized spacial score (nSPS) is 34.6. The van der Waals surface area contributed by atoms with Gasteiger partial charge in [0.15, 0.2) is 0 Å². The molecule has 1 heterocycles. The number of hydrogen-bond donors (Lipinski definition) is 0. The van der Waals surface area contributed by atoms with Gasteiger partial charge in [-0.05, 0) is 70.1 Å². The lowest BCUT2D eigenvalue weighted by molar-refractivity contribution is -0.411. The molecule has 1 aliphatic heterocycles. The number of esters is 1. The van der Waals surface area contributed by atoms with E-state index in [4.69, 9.17) is 14.5 Å². The summed E-state index contributed by atoms with van der Waals surface area (Å²) < 4.78 is 4.79. The molecule has 1 saturated carbocycles. The molecule has 1 aliphatic carbocycles. The van der Waals surface area contributed by atoms with Crippen molar-refractivity contribution in [2.45, 2.75) is 84.3 Å². The van der Waals surface area contributed by atoms with Gasteiger partial charge in [0.05, 0.1) is 13.0 Å². The Morgan fingerprint density at radius 2 is 2.08 bits per heavy atom. The summed E-state index contributed by atoms with van der Waals surface area (Å²) in [5.74, 6) is 0.0162. The van der Waals surface area contributed by atoms with Crippen LogP contribution in [-0.2, 0) is 19.3 Å². The number of carbonyl (C=O) groups is 1. The Kier molecular flexibility index (Phi) is 6.14. The van der Waals surface area contributed by atoms with Crippen LogP contribution in [0, 0.1) is 17.3 Å². The summed E-state index contributed by atoms with van der Waals surface area (Å²) in [6.07, 6.45) is 7.23. The molecule has 0 aromatic rings. The van der Waals surface area contributed by atoms with Gasteiger partial charge < -0.3 is 4.74 Å². The lowest BCUT2D eigenvalue weighted by Gasteiger charge is -2.43. The van der Waals surface area contributed by atoms with Crippen LogP contribution in [-0.4, -0.2) is 24.8 Å². The van der Waals surface area contributed by atoms with Crippen molar-refractivity contribution in [3.8, 4) is 0 Å². The van der Waals surface area contributed by atoms with E-state index in [0.29, 0.717) is 11.3 Å². The molecule has 4 heteroatoms. The van der Waals surface area contributed by atoms with Crippen molar-refractivity contribution >= 4 is 5.97 Å². The second-order valence-corrected chi connectivity index (χ2v) is 8.61. The van der Waals surface area contributed by atoms with E-state index in [9.17, 15) is 4.79 Å². The van der Waals surface area contributed by atoms with Gasteiger partial charge in [-0.25, -0.2) is 9.78 Å². The topological polar surface area (TPSA) is 44.8 Å². The van der Waals surface area contributed by atoms with Crippen molar-refractivity contribution in [2.75, 3.05) is 7.11 Å². The van der Waals surface area contributed by atoms with E-state index in [0.717, 1.165) is 32.1 Å². The SMILES string of the molecule is C=C1CCCC(C)(C)[C@H]1CC[C@]1(C)CC[C@@H]([C@@H](C)C(=O)OC)OO1. The molecule has 0 N–H and O–H groups in total. The zero-order valence-corrected chi connectivity index (χ0v) is 16.0. The maximum atomic E-state index is 11.6. The van der Waals surface area contributed by atoms with E-state index in [1.54, 1.807) is 0 Å². The Hall–Kier alpha value is -0.870. The van der Waals surface area contributed by atoms with Crippen LogP contribution >= 0.6 is 0 Å². The van der Waals surface area contributed by atoms with Gasteiger partial charge in [0.25, 0.3) is 0 Å². The summed E-state index contributed by atoms with van der Waals surface area (Å²) in [5.41, 5.74) is 1.44. The third kappa shape index (κ3) is 4.40. The van der Waals surface area contributed by atoms with Gasteiger partial charge in [0.2, 0.25) is 0 Å². The van der Waals surface area contributed by atoms with Gasteiger partial charge in [-0.3, -0.25) is 4.79 Å². The molecular weight excluding hydrogens is 304 g/mol. The van der Waals surface area contributed by atoms with Gasteiger partial charge >= 0.3 is 5.97 Å². The minimum atomic E-state index is -0.295. The number of methoxy groups -OCH3 is 1. The fourth-order valence-corrected chi connectivity index (χ4v) is 4.27. The fourth-order valence-electron chi connectivity index (χ4n) is 4.27. The smallest absolute Gasteiger partial charge is 0.311 e. The Labute approximate surface area is 146 Å². The van der Waals surface area contributed by atoms with Gasteiger partial charge in [-0.2, -0.15) is 0 Å². The minimum absolute atomic E-state index is 0.216. The summed E-state index contributed by atoms with van der Waals surface area (Å²) in [6.45, 7) is 13.0. The molecule has 138 valence electrons. The van der Waals surface area contributed by atoms with Crippen LogP contribution in [0.25, 0.3) is 0 Å². The second kappa shape index (κ2) is 7.57. The minimum Gasteiger partial charge on any atom is -0.469 e. The first-order valence-corrected chi connectivity index (χ1v) is 9.28. The van der Waals surface area contributed by atoms with Crippen molar-refractivity contribution < 1.29 is 19.3 Å². The highest BCUT2D eigenvalue weighted by Crippen LogP contribution is 2.47. The fraction of sp³-hybridized carbons (Fsp3) is 0.850. The zero-order chi connectivity index (χ0) is 18.0. The van der Waals surface area contributed by atoms with E-state index in [2.05, 4.69) is 27.4 Å². The average Bonchev–Trinajstić information content (AvgIpc) is 2.53. The third-order valence-electron chi connectivity index (χ3n) is 6.18. The molecule has 0 amide bonds. The highest BCUT2D eigenvalue weighted by atomic mass is 17.2. The van der Waals surface area contributed by atoms with Crippen LogP contribution in [0.2, 0.25) is 0 Å². The van der Waals surface area contributed by atoms with E-state index < -0.39 is 0 Å². The quantitative estimate of drug-likeness (QED) is 0.409. The van der Waals surface area contributed by atoms with Gasteiger partial charge in [0, 0.05) is 0 Å². The maximum Gasteiger partial charge on any atom is 0.311 e. The zero-order valence-electron chi connectivity index (χ0n) is 16.0. The van der Waals surface area contributed by atoms with Crippen molar-refractivity contribution in [3.63, 3.8) is 0 Å². The van der Waals surface area contributed by atoms with E-state index in [1.807, 2.05) is 6.92 Å². The average molecular weight is 338 g/mol. The molecule has 1 saturated heterocycles. The van der Waals surface area contributed by atoms with Crippen molar-refractivity contribution in [3.05, 3.63) is 12.2 Å². The summed E-state index contributed by atoms with van der Waals surface area (Å²) in [7, 11) is 1.41. The molecule has 4 atom stereocenters. The highest BCUT2D eigenvalue weighted by Gasteiger charge is 2.40. The Balaban J connectivity index is 1.87. The Bertz CT molecular complexity index is 460. The molecule has 0 unspecified atom stereocenters. The summed E-state index contributed by atoms with van der Waals surface area (Å²) in [6, 6.07) is 0. The molecule has 0 spiro atoms.